The van der Waals surface area contributed by atoms with E-state index in [9.17, 15) is 33.6 Å². The predicted molar refractivity (Wildman–Crippen MR) is 207 cm³/mol. The Kier molecular flexibility index (Phi) is 19.6. The highest BCUT2D eigenvalue weighted by Crippen LogP contribution is 2.20. The number of alkyl carbamates (subject to hydrolysis) is 1. The highest BCUT2D eigenvalue weighted by molar-refractivity contribution is 6.11. The molecule has 1 aromatic carbocycles. The molecule has 15 nitrogen and oxygen atoms in total. The van der Waals surface area contributed by atoms with E-state index in [1.165, 1.54) is 13.2 Å². The van der Waals surface area contributed by atoms with Crippen LogP contribution < -0.4 is 26.6 Å². The summed E-state index contributed by atoms with van der Waals surface area (Å²) in [5.74, 6) is -6.12. The summed E-state index contributed by atoms with van der Waals surface area (Å²) in [6.45, 7) is 20.8. The highest BCUT2D eigenvalue weighted by Gasteiger charge is 2.50. The fourth-order valence-electron chi connectivity index (χ4n) is 5.41. The normalized spacial score (nSPS) is 15.1. The quantitative estimate of drug-likeness (QED) is 0.0528. The van der Waals surface area contributed by atoms with E-state index in [2.05, 4.69) is 33.2 Å². The smallest absolute Gasteiger partial charge is 0.408 e. The topological polar surface area (TPSA) is 207 Å². The monoisotopic (exact) mass is 773 g/mol. The molecule has 5 amide bonds. The highest BCUT2D eigenvalue weighted by atomic mass is 16.6. The van der Waals surface area contributed by atoms with Gasteiger partial charge in [-0.3, -0.25) is 19.2 Å². The van der Waals surface area contributed by atoms with Gasteiger partial charge in [0, 0.05) is 6.42 Å². The number of carbonyl (C=O) groups is 7. The maximum Gasteiger partial charge on any atom is 0.408 e. The summed E-state index contributed by atoms with van der Waals surface area (Å²) >= 11 is 0. The second-order valence-corrected chi connectivity index (χ2v) is 15.3. The molecule has 0 saturated heterocycles. The number of nitrogens with one attached hydrogen (secondary N) is 5. The third kappa shape index (κ3) is 15.4. The lowest BCUT2D eigenvalue weighted by Gasteiger charge is -2.34. The van der Waals surface area contributed by atoms with Crippen LogP contribution >= 0.6 is 0 Å². The zero-order valence-corrected chi connectivity index (χ0v) is 34.3. The lowest BCUT2D eigenvalue weighted by molar-refractivity contribution is -0.160. The summed E-state index contributed by atoms with van der Waals surface area (Å²) in [6, 6.07) is 3.99. The molecule has 0 fully saturated rings. The number of rotatable bonds is 21. The summed E-state index contributed by atoms with van der Waals surface area (Å²) < 4.78 is 15.8. The Morgan fingerprint density at radius 3 is 1.89 bits per heavy atom. The van der Waals surface area contributed by atoms with Crippen LogP contribution in [0.15, 0.2) is 43.0 Å². The fourth-order valence-corrected chi connectivity index (χ4v) is 5.41. The van der Waals surface area contributed by atoms with Gasteiger partial charge in [-0.15, -0.1) is 6.58 Å². The first-order chi connectivity index (χ1) is 25.7. The first-order valence-corrected chi connectivity index (χ1v) is 18.8. The number of benzene rings is 1. The summed E-state index contributed by atoms with van der Waals surface area (Å²) in [4.78, 5) is 95.1. The number of amides is 5. The maximum atomic E-state index is 14.4. The molecule has 5 N–H and O–H groups in total. The van der Waals surface area contributed by atoms with E-state index in [1.54, 1.807) is 78.8 Å². The second-order valence-electron chi connectivity index (χ2n) is 15.3. The van der Waals surface area contributed by atoms with Gasteiger partial charge in [-0.1, -0.05) is 91.3 Å². The van der Waals surface area contributed by atoms with Crippen molar-refractivity contribution in [3.8, 4) is 0 Å². The van der Waals surface area contributed by atoms with E-state index in [1.807, 2.05) is 20.8 Å². The Balaban J connectivity index is 3.63. The molecule has 0 heterocycles. The Morgan fingerprint density at radius 2 is 1.40 bits per heavy atom. The molecule has 308 valence electrons. The van der Waals surface area contributed by atoms with Gasteiger partial charge in [-0.05, 0) is 56.9 Å². The molecule has 0 aliphatic rings. The van der Waals surface area contributed by atoms with Crippen LogP contribution in [0.5, 0.6) is 0 Å². The van der Waals surface area contributed by atoms with Crippen LogP contribution in [0.3, 0.4) is 0 Å². The SMILES string of the molecule is C=CCC(NC(=O)[C@H](CC(C)C)NC(=O)[C@@H](NC(=O)OC(C)(C)C)C(C)C)(C(=O)N[C@@H](CC)C(=O)N[C@H](C(=O)OC)[C@@H](C)CC)C(=O)OCc1ccccc1. The Hall–Kier alpha value is -4.95. The molecule has 0 radical (unpaired) electrons. The minimum atomic E-state index is -2.47. The molecule has 15 heteroatoms. The Morgan fingerprint density at radius 1 is 0.782 bits per heavy atom. The van der Waals surface area contributed by atoms with Gasteiger partial charge in [-0.25, -0.2) is 14.4 Å². The molecule has 1 aromatic rings. The van der Waals surface area contributed by atoms with Gasteiger partial charge in [0.25, 0.3) is 5.91 Å². The minimum Gasteiger partial charge on any atom is -0.467 e. The third-order valence-corrected chi connectivity index (χ3v) is 8.69. The van der Waals surface area contributed by atoms with Crippen molar-refractivity contribution in [1.82, 2.24) is 26.6 Å². The molecular formula is C40H63N5O10. The van der Waals surface area contributed by atoms with Crippen molar-refractivity contribution in [3.05, 3.63) is 48.6 Å². The number of hydrogen-bond acceptors (Lipinski definition) is 10. The molecule has 0 aliphatic carbocycles. The summed E-state index contributed by atoms with van der Waals surface area (Å²) in [5.41, 5.74) is -2.70. The van der Waals surface area contributed by atoms with Gasteiger partial charge in [0.1, 0.15) is 36.4 Å². The van der Waals surface area contributed by atoms with Crippen molar-refractivity contribution in [1.29, 1.82) is 0 Å². The Labute approximate surface area is 325 Å². The molecular weight excluding hydrogens is 710 g/mol. The van der Waals surface area contributed by atoms with Gasteiger partial charge >= 0.3 is 18.0 Å². The Bertz CT molecular complexity index is 1480. The number of hydrogen-bond donors (Lipinski definition) is 5. The average Bonchev–Trinajstić information content (AvgIpc) is 3.11. The predicted octanol–water partition coefficient (Wildman–Crippen LogP) is 3.84. The number of carbonyl (C=O) groups excluding carboxylic acids is 7. The van der Waals surface area contributed by atoms with Crippen molar-refractivity contribution < 1.29 is 47.8 Å². The van der Waals surface area contributed by atoms with Gasteiger partial charge in [0.15, 0.2) is 0 Å². The molecule has 6 atom stereocenters. The van der Waals surface area contributed by atoms with E-state index in [4.69, 9.17) is 14.2 Å². The van der Waals surface area contributed by atoms with Gasteiger partial charge in [-0.2, -0.15) is 0 Å². The minimum absolute atomic E-state index is 0.0381. The average molecular weight is 774 g/mol. The van der Waals surface area contributed by atoms with Crippen molar-refractivity contribution in [3.63, 3.8) is 0 Å². The van der Waals surface area contributed by atoms with Crippen LogP contribution in [0.2, 0.25) is 0 Å². The first-order valence-electron chi connectivity index (χ1n) is 18.8. The van der Waals surface area contributed by atoms with E-state index in [-0.39, 0.29) is 31.3 Å². The lowest BCUT2D eigenvalue weighted by Crippen LogP contribution is -2.68. The van der Waals surface area contributed by atoms with Gasteiger partial charge in [0.2, 0.25) is 23.3 Å². The molecule has 0 saturated carbocycles. The summed E-state index contributed by atoms with van der Waals surface area (Å²) in [5, 5.41) is 13.0. The van der Waals surface area contributed by atoms with E-state index in [0.717, 1.165) is 0 Å². The van der Waals surface area contributed by atoms with E-state index in [0.29, 0.717) is 12.0 Å². The number of methoxy groups -OCH3 is 1. The van der Waals surface area contributed by atoms with Crippen LogP contribution in [-0.4, -0.2) is 84.1 Å². The molecule has 55 heavy (non-hydrogen) atoms. The van der Waals surface area contributed by atoms with E-state index < -0.39 is 89.3 Å². The fraction of sp³-hybridized carbons (Fsp3) is 0.625. The van der Waals surface area contributed by atoms with Crippen molar-refractivity contribution in [2.45, 2.75) is 137 Å². The van der Waals surface area contributed by atoms with Crippen LogP contribution in [0.25, 0.3) is 0 Å². The van der Waals surface area contributed by atoms with Crippen LogP contribution in [0.4, 0.5) is 4.79 Å². The van der Waals surface area contributed by atoms with Gasteiger partial charge in [0.05, 0.1) is 7.11 Å². The lowest BCUT2D eigenvalue weighted by atomic mass is 9.91. The standard InChI is InChI=1S/C40H63N5O10/c1-13-21-40(37(51)54-23-27-19-17-16-18-20-27,36(50)42-28(15-3)32(46)43-31(26(8)14-2)35(49)53-12)45-33(47)29(22-24(4)5)41-34(48)30(25(6)7)44-38(52)55-39(9,10)11/h13,16-20,24-26,28-31H,1,14-15,21-23H2,2-12H3,(H,41,48)(H,42,50)(H,43,46)(H,44,52)(H,45,47)/t26-,28-,29-,30-,31-,40?/m0/s1. The zero-order chi connectivity index (χ0) is 42.1. The molecule has 0 spiro atoms. The molecule has 1 rings (SSSR count). The third-order valence-electron chi connectivity index (χ3n) is 8.69. The molecule has 1 unspecified atom stereocenters. The summed E-state index contributed by atoms with van der Waals surface area (Å²) in [7, 11) is 1.20. The largest absolute Gasteiger partial charge is 0.467 e. The second kappa shape index (κ2) is 22.4. The molecule has 0 aromatic heterocycles. The van der Waals surface area contributed by atoms with Gasteiger partial charge < -0.3 is 40.8 Å². The van der Waals surface area contributed by atoms with E-state index >= 15 is 0 Å². The zero-order valence-electron chi connectivity index (χ0n) is 34.3. The van der Waals surface area contributed by atoms with Crippen LogP contribution in [-0.2, 0) is 49.6 Å². The molecule has 0 aliphatic heterocycles. The van der Waals surface area contributed by atoms with Crippen LogP contribution in [0.1, 0.15) is 100 Å². The van der Waals surface area contributed by atoms with Crippen molar-refractivity contribution >= 4 is 41.7 Å². The molecule has 0 bridgehead atoms. The number of esters is 2. The summed E-state index contributed by atoms with van der Waals surface area (Å²) in [6.07, 6.45) is 0.599. The number of ether oxygens (including phenoxy) is 3. The van der Waals surface area contributed by atoms with Crippen molar-refractivity contribution in [2.24, 2.45) is 17.8 Å². The first kappa shape index (κ1) is 48.1. The maximum absolute atomic E-state index is 14.4. The van der Waals surface area contributed by atoms with Crippen molar-refractivity contribution in [2.75, 3.05) is 7.11 Å². The van der Waals surface area contributed by atoms with Crippen LogP contribution in [0, 0.1) is 17.8 Å².